The molecule has 1 saturated heterocycles. The summed E-state index contributed by atoms with van der Waals surface area (Å²) in [6, 6.07) is 5.70. The van der Waals surface area contributed by atoms with Gasteiger partial charge in [-0.15, -0.1) is 0 Å². The molecule has 4 heteroatoms. The fraction of sp³-hybridized carbons (Fsp3) is 0.500. The first-order valence-corrected chi connectivity index (χ1v) is 5.62. The van der Waals surface area contributed by atoms with Gasteiger partial charge in [-0.25, -0.2) is 0 Å². The normalized spacial score (nSPS) is 21.9. The molecule has 1 fully saturated rings. The van der Waals surface area contributed by atoms with Crippen molar-refractivity contribution in [3.8, 4) is 0 Å². The number of carbonyl (C=O) groups is 1. The molecule has 0 amide bonds. The van der Waals surface area contributed by atoms with Crippen LogP contribution in [0.2, 0.25) is 0 Å². The summed E-state index contributed by atoms with van der Waals surface area (Å²) in [7, 11) is 2.08. The molecule has 0 aromatic carbocycles. The van der Waals surface area contributed by atoms with E-state index in [9.17, 15) is 4.79 Å². The molecule has 86 valence electrons. The standard InChI is InChI=1S/C12H17N3O/c1-15-7-6-13-10(9-15)8-12(16)11-4-2-3-5-14-11/h2-5,10,13H,6-9H2,1H3. The van der Waals surface area contributed by atoms with Crippen molar-refractivity contribution in [3.63, 3.8) is 0 Å². The third-order valence-electron chi connectivity index (χ3n) is 2.84. The van der Waals surface area contributed by atoms with Gasteiger partial charge in [-0.3, -0.25) is 9.78 Å². The van der Waals surface area contributed by atoms with Crippen molar-refractivity contribution in [3.05, 3.63) is 30.1 Å². The Morgan fingerprint density at radius 2 is 2.50 bits per heavy atom. The number of hydrogen-bond acceptors (Lipinski definition) is 4. The number of ketones is 1. The SMILES string of the molecule is CN1CCNC(CC(=O)c2ccccn2)C1. The molecule has 16 heavy (non-hydrogen) atoms. The van der Waals surface area contributed by atoms with Gasteiger partial charge in [0.1, 0.15) is 5.69 Å². The minimum absolute atomic E-state index is 0.119. The maximum atomic E-state index is 11.9. The Labute approximate surface area is 95.7 Å². The Bertz CT molecular complexity index is 353. The van der Waals surface area contributed by atoms with Crippen LogP contribution in [0.1, 0.15) is 16.9 Å². The summed E-state index contributed by atoms with van der Waals surface area (Å²) < 4.78 is 0. The van der Waals surface area contributed by atoms with Crippen molar-refractivity contribution in [1.29, 1.82) is 0 Å². The molecule has 2 rings (SSSR count). The van der Waals surface area contributed by atoms with Crippen molar-refractivity contribution in [1.82, 2.24) is 15.2 Å². The first kappa shape index (κ1) is 11.2. The quantitative estimate of drug-likeness (QED) is 0.754. The summed E-state index contributed by atoms with van der Waals surface area (Å²) in [6.45, 7) is 2.93. The molecular weight excluding hydrogens is 202 g/mol. The van der Waals surface area contributed by atoms with Gasteiger partial charge >= 0.3 is 0 Å². The molecule has 1 aromatic rings. The van der Waals surface area contributed by atoms with Crippen LogP contribution in [0.4, 0.5) is 0 Å². The van der Waals surface area contributed by atoms with Crippen molar-refractivity contribution in [2.75, 3.05) is 26.7 Å². The number of pyridine rings is 1. The summed E-state index contributed by atoms with van der Waals surface area (Å²) in [5, 5.41) is 3.36. The average molecular weight is 219 g/mol. The number of rotatable bonds is 3. The van der Waals surface area contributed by atoms with E-state index in [1.54, 1.807) is 12.3 Å². The molecule has 0 spiro atoms. The van der Waals surface area contributed by atoms with Crippen LogP contribution in [-0.4, -0.2) is 48.4 Å². The molecule has 0 bridgehead atoms. The van der Waals surface area contributed by atoms with Crippen LogP contribution in [0.5, 0.6) is 0 Å². The monoisotopic (exact) mass is 219 g/mol. The van der Waals surface area contributed by atoms with Crippen molar-refractivity contribution in [2.24, 2.45) is 0 Å². The highest BCUT2D eigenvalue weighted by molar-refractivity contribution is 5.94. The number of nitrogens with zero attached hydrogens (tertiary/aromatic N) is 2. The van der Waals surface area contributed by atoms with Gasteiger partial charge in [0.15, 0.2) is 5.78 Å². The molecule has 4 nitrogen and oxygen atoms in total. The second-order valence-electron chi connectivity index (χ2n) is 4.26. The highest BCUT2D eigenvalue weighted by Gasteiger charge is 2.20. The van der Waals surface area contributed by atoms with E-state index in [4.69, 9.17) is 0 Å². The Morgan fingerprint density at radius 1 is 1.62 bits per heavy atom. The van der Waals surface area contributed by atoms with Crippen molar-refractivity contribution >= 4 is 5.78 Å². The van der Waals surface area contributed by atoms with E-state index in [1.807, 2.05) is 12.1 Å². The Balaban J connectivity index is 1.92. The van der Waals surface area contributed by atoms with Gasteiger partial charge in [-0.2, -0.15) is 0 Å². The Kier molecular flexibility index (Phi) is 3.64. The number of aromatic nitrogens is 1. The van der Waals surface area contributed by atoms with Gasteiger partial charge in [0.25, 0.3) is 0 Å². The number of hydrogen-bond donors (Lipinski definition) is 1. The van der Waals surface area contributed by atoms with E-state index < -0.39 is 0 Å². The van der Waals surface area contributed by atoms with Gasteiger partial charge in [-0.1, -0.05) is 6.07 Å². The third-order valence-corrected chi connectivity index (χ3v) is 2.84. The first-order chi connectivity index (χ1) is 7.75. The average Bonchev–Trinajstić information content (AvgIpc) is 2.30. The van der Waals surface area contributed by atoms with Gasteiger partial charge in [0.05, 0.1) is 0 Å². The van der Waals surface area contributed by atoms with Crippen LogP contribution >= 0.6 is 0 Å². The lowest BCUT2D eigenvalue weighted by Gasteiger charge is -2.30. The van der Waals surface area contributed by atoms with Crippen molar-refractivity contribution < 1.29 is 4.79 Å². The van der Waals surface area contributed by atoms with E-state index in [-0.39, 0.29) is 11.8 Å². The fourth-order valence-corrected chi connectivity index (χ4v) is 1.98. The fourth-order valence-electron chi connectivity index (χ4n) is 1.98. The number of nitrogens with one attached hydrogen (secondary N) is 1. The minimum Gasteiger partial charge on any atom is -0.311 e. The van der Waals surface area contributed by atoms with Gasteiger partial charge in [0, 0.05) is 38.3 Å². The predicted octanol–water partition coefficient (Wildman–Crippen LogP) is 0.558. The molecule has 1 aliphatic heterocycles. The van der Waals surface area contributed by atoms with Crippen LogP contribution in [0.25, 0.3) is 0 Å². The molecular formula is C12H17N3O. The summed E-state index contributed by atoms with van der Waals surface area (Å²) >= 11 is 0. The predicted molar refractivity (Wildman–Crippen MR) is 62.5 cm³/mol. The molecule has 1 aliphatic rings. The molecule has 1 N–H and O–H groups in total. The van der Waals surface area contributed by atoms with E-state index in [1.165, 1.54) is 0 Å². The van der Waals surface area contributed by atoms with E-state index in [2.05, 4.69) is 22.2 Å². The number of carbonyl (C=O) groups excluding carboxylic acids is 1. The largest absolute Gasteiger partial charge is 0.311 e. The Morgan fingerprint density at radius 3 is 3.19 bits per heavy atom. The molecule has 1 aromatic heterocycles. The zero-order valence-corrected chi connectivity index (χ0v) is 9.52. The molecule has 2 heterocycles. The third kappa shape index (κ3) is 2.87. The second kappa shape index (κ2) is 5.18. The lowest BCUT2D eigenvalue weighted by Crippen LogP contribution is -2.49. The molecule has 0 saturated carbocycles. The highest BCUT2D eigenvalue weighted by atomic mass is 16.1. The Hall–Kier alpha value is -1.26. The number of Topliss-reactive ketones (excluding diaryl/α,β-unsaturated/α-hetero) is 1. The molecule has 1 unspecified atom stereocenters. The summed E-state index contributed by atoms with van der Waals surface area (Å²) in [6.07, 6.45) is 2.19. The van der Waals surface area contributed by atoms with Gasteiger partial charge in [0.2, 0.25) is 0 Å². The van der Waals surface area contributed by atoms with E-state index in [0.717, 1.165) is 19.6 Å². The van der Waals surface area contributed by atoms with Crippen molar-refractivity contribution in [2.45, 2.75) is 12.5 Å². The zero-order valence-electron chi connectivity index (χ0n) is 9.52. The van der Waals surface area contributed by atoms with Gasteiger partial charge in [-0.05, 0) is 19.2 Å². The van der Waals surface area contributed by atoms with Crippen LogP contribution in [0, 0.1) is 0 Å². The highest BCUT2D eigenvalue weighted by Crippen LogP contribution is 2.06. The van der Waals surface area contributed by atoms with E-state index >= 15 is 0 Å². The lowest BCUT2D eigenvalue weighted by molar-refractivity contribution is 0.0947. The maximum absolute atomic E-state index is 11.9. The summed E-state index contributed by atoms with van der Waals surface area (Å²) in [5.74, 6) is 0.119. The van der Waals surface area contributed by atoms with E-state index in [0.29, 0.717) is 12.1 Å². The minimum atomic E-state index is 0.119. The zero-order chi connectivity index (χ0) is 11.4. The van der Waals surface area contributed by atoms with Gasteiger partial charge < -0.3 is 10.2 Å². The molecule has 0 radical (unpaired) electrons. The topological polar surface area (TPSA) is 45.2 Å². The summed E-state index contributed by atoms with van der Waals surface area (Å²) in [4.78, 5) is 18.2. The second-order valence-corrected chi connectivity index (χ2v) is 4.26. The molecule has 0 aliphatic carbocycles. The molecule has 1 atom stereocenters. The number of likely N-dealkylation sites (N-methyl/N-ethyl adjacent to an activating group) is 1. The lowest BCUT2D eigenvalue weighted by atomic mass is 10.1. The van der Waals surface area contributed by atoms with Crippen LogP contribution < -0.4 is 5.32 Å². The van der Waals surface area contributed by atoms with Crippen LogP contribution in [-0.2, 0) is 0 Å². The maximum Gasteiger partial charge on any atom is 0.182 e. The van der Waals surface area contributed by atoms with Crippen LogP contribution in [0.15, 0.2) is 24.4 Å². The first-order valence-electron chi connectivity index (χ1n) is 5.62. The smallest absolute Gasteiger partial charge is 0.182 e. The van der Waals surface area contributed by atoms with Crippen LogP contribution in [0.3, 0.4) is 0 Å². The number of piperazine rings is 1. The summed E-state index contributed by atoms with van der Waals surface area (Å²) in [5.41, 5.74) is 0.567.